The first-order valence-corrected chi connectivity index (χ1v) is 4.90. The average Bonchev–Trinajstić information content (AvgIpc) is 2.07. The molecule has 0 aromatic carbocycles. The van der Waals surface area contributed by atoms with Crippen LogP contribution in [0.2, 0.25) is 0 Å². The first-order valence-electron chi connectivity index (χ1n) is 4.46. The molecule has 1 N–H and O–H groups in total. The predicted molar refractivity (Wildman–Crippen MR) is 53.5 cm³/mol. The highest BCUT2D eigenvalue weighted by Crippen LogP contribution is 2.05. The van der Waals surface area contributed by atoms with E-state index in [1.807, 2.05) is 6.08 Å². The normalized spacial score (nSPS) is 32.9. The minimum Gasteiger partial charge on any atom is -0.311 e. The van der Waals surface area contributed by atoms with Crippen LogP contribution in [0.15, 0.2) is 11.6 Å². The fourth-order valence-electron chi connectivity index (χ4n) is 1.53. The summed E-state index contributed by atoms with van der Waals surface area (Å²) in [5, 5.41) is 3.44. The number of piperazine rings is 1. The standard InChI is InChI=1S/C9H17ClN2/c1-8-7-12(5-3-4-10)9(2)6-11-8/h3-4,8-9,11H,5-7H2,1-2H3. The van der Waals surface area contributed by atoms with Crippen molar-refractivity contribution in [3.05, 3.63) is 11.6 Å². The maximum Gasteiger partial charge on any atom is 0.0196 e. The van der Waals surface area contributed by atoms with E-state index in [4.69, 9.17) is 11.6 Å². The SMILES string of the molecule is CC1CN(CC=CCl)C(C)CN1. The van der Waals surface area contributed by atoms with Crippen LogP contribution < -0.4 is 5.32 Å². The first-order chi connectivity index (χ1) is 5.74. The average molecular weight is 189 g/mol. The third kappa shape index (κ3) is 2.77. The van der Waals surface area contributed by atoms with Crippen molar-refractivity contribution in [1.29, 1.82) is 0 Å². The van der Waals surface area contributed by atoms with Crippen LogP contribution in [0.3, 0.4) is 0 Å². The van der Waals surface area contributed by atoms with E-state index < -0.39 is 0 Å². The minimum atomic E-state index is 0.602. The molecule has 0 amide bonds. The van der Waals surface area contributed by atoms with E-state index in [-0.39, 0.29) is 0 Å². The molecule has 1 saturated heterocycles. The fraction of sp³-hybridized carbons (Fsp3) is 0.778. The van der Waals surface area contributed by atoms with Crippen LogP contribution in [0.4, 0.5) is 0 Å². The maximum absolute atomic E-state index is 5.48. The van der Waals surface area contributed by atoms with Gasteiger partial charge in [-0.15, -0.1) is 0 Å². The van der Waals surface area contributed by atoms with Crippen LogP contribution in [0.25, 0.3) is 0 Å². The van der Waals surface area contributed by atoms with Crippen LogP contribution in [0.1, 0.15) is 13.8 Å². The zero-order chi connectivity index (χ0) is 8.97. The number of nitrogens with one attached hydrogen (secondary N) is 1. The second kappa shape index (κ2) is 4.85. The molecule has 0 aromatic rings. The number of halogens is 1. The summed E-state index contributed by atoms with van der Waals surface area (Å²) in [6.45, 7) is 7.61. The van der Waals surface area contributed by atoms with E-state index in [1.54, 1.807) is 5.54 Å². The van der Waals surface area contributed by atoms with Crippen molar-refractivity contribution >= 4 is 11.6 Å². The van der Waals surface area contributed by atoms with Gasteiger partial charge in [0.05, 0.1) is 0 Å². The third-order valence-corrected chi connectivity index (χ3v) is 2.50. The Kier molecular flexibility index (Phi) is 4.06. The Morgan fingerprint density at radius 3 is 3.00 bits per heavy atom. The fourth-order valence-corrected chi connectivity index (χ4v) is 1.61. The largest absolute Gasteiger partial charge is 0.311 e. The van der Waals surface area contributed by atoms with Gasteiger partial charge in [-0.1, -0.05) is 17.7 Å². The van der Waals surface area contributed by atoms with Crippen LogP contribution in [0.5, 0.6) is 0 Å². The van der Waals surface area contributed by atoms with Gasteiger partial charge >= 0.3 is 0 Å². The van der Waals surface area contributed by atoms with Crippen molar-refractivity contribution in [3.8, 4) is 0 Å². The van der Waals surface area contributed by atoms with Crippen molar-refractivity contribution in [2.45, 2.75) is 25.9 Å². The molecule has 1 aliphatic heterocycles. The van der Waals surface area contributed by atoms with Crippen LogP contribution in [0, 0.1) is 0 Å². The molecule has 0 aliphatic carbocycles. The summed E-state index contributed by atoms with van der Waals surface area (Å²) in [5.41, 5.74) is 1.60. The summed E-state index contributed by atoms with van der Waals surface area (Å²) < 4.78 is 0. The van der Waals surface area contributed by atoms with Crippen LogP contribution >= 0.6 is 11.6 Å². The molecular weight excluding hydrogens is 172 g/mol. The Hall–Kier alpha value is -0.0500. The van der Waals surface area contributed by atoms with Gasteiger partial charge in [0.15, 0.2) is 0 Å². The van der Waals surface area contributed by atoms with Gasteiger partial charge in [0.25, 0.3) is 0 Å². The second-order valence-electron chi connectivity index (χ2n) is 3.47. The topological polar surface area (TPSA) is 15.3 Å². The maximum atomic E-state index is 5.48. The number of rotatable bonds is 2. The van der Waals surface area contributed by atoms with Gasteiger partial charge in [0, 0.05) is 37.3 Å². The van der Waals surface area contributed by atoms with E-state index in [2.05, 4.69) is 24.1 Å². The number of hydrogen-bond acceptors (Lipinski definition) is 2. The molecule has 2 unspecified atom stereocenters. The van der Waals surface area contributed by atoms with Gasteiger partial charge in [0.1, 0.15) is 0 Å². The van der Waals surface area contributed by atoms with Crippen LogP contribution in [-0.4, -0.2) is 36.6 Å². The number of hydrogen-bond donors (Lipinski definition) is 1. The Labute approximate surface area is 79.6 Å². The van der Waals surface area contributed by atoms with Crippen molar-refractivity contribution in [2.75, 3.05) is 19.6 Å². The Balaban J connectivity index is 2.38. The molecule has 12 heavy (non-hydrogen) atoms. The summed E-state index contributed by atoms with van der Waals surface area (Å²) >= 11 is 5.48. The quantitative estimate of drug-likeness (QED) is 0.706. The Morgan fingerprint density at radius 2 is 2.33 bits per heavy atom. The Bertz CT molecular complexity index is 159. The monoisotopic (exact) mass is 188 g/mol. The van der Waals surface area contributed by atoms with Gasteiger partial charge in [-0.2, -0.15) is 0 Å². The Morgan fingerprint density at radius 1 is 1.58 bits per heavy atom. The predicted octanol–water partition coefficient (Wildman–Crippen LogP) is 1.42. The summed E-state index contributed by atoms with van der Waals surface area (Å²) in [6.07, 6.45) is 2.00. The van der Waals surface area contributed by atoms with E-state index in [0.29, 0.717) is 12.1 Å². The minimum absolute atomic E-state index is 0.602. The molecule has 0 bridgehead atoms. The molecule has 0 spiro atoms. The summed E-state index contributed by atoms with van der Waals surface area (Å²) in [7, 11) is 0. The van der Waals surface area contributed by atoms with Crippen molar-refractivity contribution in [3.63, 3.8) is 0 Å². The van der Waals surface area contributed by atoms with Crippen molar-refractivity contribution in [1.82, 2.24) is 10.2 Å². The molecule has 2 atom stereocenters. The lowest BCUT2D eigenvalue weighted by Gasteiger charge is -2.36. The van der Waals surface area contributed by atoms with E-state index in [9.17, 15) is 0 Å². The van der Waals surface area contributed by atoms with Gasteiger partial charge in [-0.25, -0.2) is 0 Å². The molecule has 1 heterocycles. The lowest BCUT2D eigenvalue weighted by atomic mass is 10.1. The second-order valence-corrected chi connectivity index (χ2v) is 3.73. The van der Waals surface area contributed by atoms with Crippen molar-refractivity contribution < 1.29 is 0 Å². The highest BCUT2D eigenvalue weighted by atomic mass is 35.5. The molecule has 3 heteroatoms. The van der Waals surface area contributed by atoms with E-state index >= 15 is 0 Å². The third-order valence-electron chi connectivity index (χ3n) is 2.32. The summed E-state index contributed by atoms with van der Waals surface area (Å²) in [5.74, 6) is 0. The zero-order valence-corrected chi connectivity index (χ0v) is 8.51. The smallest absolute Gasteiger partial charge is 0.0196 e. The molecule has 70 valence electrons. The molecule has 1 aliphatic rings. The number of nitrogens with zero attached hydrogens (tertiary/aromatic N) is 1. The van der Waals surface area contributed by atoms with Crippen molar-refractivity contribution in [2.24, 2.45) is 0 Å². The lowest BCUT2D eigenvalue weighted by molar-refractivity contribution is 0.163. The molecule has 1 rings (SSSR count). The van der Waals surface area contributed by atoms with E-state index in [0.717, 1.165) is 19.6 Å². The van der Waals surface area contributed by atoms with E-state index in [1.165, 1.54) is 0 Å². The lowest BCUT2D eigenvalue weighted by Crippen LogP contribution is -2.54. The molecule has 0 saturated carbocycles. The molecule has 0 radical (unpaired) electrons. The zero-order valence-electron chi connectivity index (χ0n) is 7.76. The van der Waals surface area contributed by atoms with Gasteiger partial charge < -0.3 is 5.32 Å². The van der Waals surface area contributed by atoms with Gasteiger partial charge in [-0.05, 0) is 13.8 Å². The molecule has 2 nitrogen and oxygen atoms in total. The molecule has 1 fully saturated rings. The molecular formula is C9H17ClN2. The highest BCUT2D eigenvalue weighted by molar-refractivity contribution is 6.25. The highest BCUT2D eigenvalue weighted by Gasteiger charge is 2.20. The van der Waals surface area contributed by atoms with Gasteiger partial charge in [-0.3, -0.25) is 4.90 Å². The molecule has 0 aromatic heterocycles. The van der Waals surface area contributed by atoms with Crippen LogP contribution in [-0.2, 0) is 0 Å². The van der Waals surface area contributed by atoms with Gasteiger partial charge in [0.2, 0.25) is 0 Å². The summed E-state index contributed by atoms with van der Waals surface area (Å²) in [4.78, 5) is 2.43. The summed E-state index contributed by atoms with van der Waals surface area (Å²) in [6, 6.07) is 1.22. The first kappa shape index (κ1) is 10.0.